The third-order valence-electron chi connectivity index (χ3n) is 3.42. The molecule has 2 saturated heterocycles. The highest BCUT2D eigenvalue weighted by Gasteiger charge is 2.32. The highest BCUT2D eigenvalue weighted by atomic mass is 15.2. The number of nitrogens with zero attached hydrogens (tertiary/aromatic N) is 2. The van der Waals surface area contributed by atoms with E-state index in [1.807, 2.05) is 0 Å². The lowest BCUT2D eigenvalue weighted by Gasteiger charge is -2.45. The van der Waals surface area contributed by atoms with Gasteiger partial charge in [-0.15, -0.1) is 0 Å². The molecule has 2 unspecified atom stereocenters. The molecule has 2 rings (SSSR count). The van der Waals surface area contributed by atoms with Crippen molar-refractivity contribution in [1.82, 2.24) is 9.80 Å². The summed E-state index contributed by atoms with van der Waals surface area (Å²) in [6.45, 7) is 2.61. The monoisotopic (exact) mass is 154 g/mol. The van der Waals surface area contributed by atoms with E-state index in [1.54, 1.807) is 0 Å². The number of piperidine rings is 2. The Labute approximate surface area is 69.2 Å². The van der Waals surface area contributed by atoms with E-state index in [-0.39, 0.29) is 0 Å². The van der Waals surface area contributed by atoms with Gasteiger partial charge < -0.3 is 9.80 Å². The summed E-state index contributed by atoms with van der Waals surface area (Å²) in [5, 5.41) is 0. The van der Waals surface area contributed by atoms with Crippen molar-refractivity contribution in [2.24, 2.45) is 0 Å². The molecule has 11 heavy (non-hydrogen) atoms. The van der Waals surface area contributed by atoms with Crippen molar-refractivity contribution < 1.29 is 0 Å². The Hall–Kier alpha value is -0.0800. The van der Waals surface area contributed by atoms with E-state index in [1.165, 1.54) is 32.4 Å². The van der Waals surface area contributed by atoms with Crippen molar-refractivity contribution in [3.8, 4) is 0 Å². The number of fused-ring (bicyclic) bond motifs is 2. The van der Waals surface area contributed by atoms with Gasteiger partial charge in [0.2, 0.25) is 0 Å². The first kappa shape index (κ1) is 7.56. The summed E-state index contributed by atoms with van der Waals surface area (Å²) in [5.41, 5.74) is 0. The van der Waals surface area contributed by atoms with Crippen molar-refractivity contribution in [2.75, 3.05) is 27.2 Å². The van der Waals surface area contributed by atoms with Gasteiger partial charge in [0.15, 0.2) is 0 Å². The van der Waals surface area contributed by atoms with Crippen LogP contribution in [0, 0.1) is 0 Å². The van der Waals surface area contributed by atoms with Crippen LogP contribution in [0.3, 0.4) is 0 Å². The topological polar surface area (TPSA) is 6.48 Å². The predicted octanol–water partition coefficient (Wildman–Crippen LogP) is 0.785. The van der Waals surface area contributed by atoms with E-state index in [0.717, 1.165) is 12.1 Å². The minimum atomic E-state index is 0.893. The molecule has 2 aliphatic heterocycles. The molecule has 0 spiro atoms. The Balaban J connectivity index is 2.02. The van der Waals surface area contributed by atoms with Crippen LogP contribution in [0.5, 0.6) is 0 Å². The lowest BCUT2D eigenvalue weighted by Crippen LogP contribution is -2.52. The quantitative estimate of drug-likeness (QED) is 0.509. The van der Waals surface area contributed by atoms with Crippen molar-refractivity contribution in [3.63, 3.8) is 0 Å². The number of hydrogen-bond donors (Lipinski definition) is 0. The molecular formula is C9H18N2. The summed E-state index contributed by atoms with van der Waals surface area (Å²) >= 11 is 0. The zero-order valence-corrected chi connectivity index (χ0v) is 7.58. The molecule has 2 fully saturated rings. The number of hydrogen-bond acceptors (Lipinski definition) is 2. The number of rotatable bonds is 0. The molecule has 0 radical (unpaired) electrons. The van der Waals surface area contributed by atoms with Gasteiger partial charge in [-0.05, 0) is 46.4 Å². The minimum Gasteiger partial charge on any atom is -0.303 e. The third-order valence-corrected chi connectivity index (χ3v) is 3.42. The highest BCUT2D eigenvalue weighted by Crippen LogP contribution is 2.26. The van der Waals surface area contributed by atoms with Crippen LogP contribution in [0.25, 0.3) is 0 Å². The van der Waals surface area contributed by atoms with Gasteiger partial charge in [0.05, 0.1) is 0 Å². The van der Waals surface area contributed by atoms with E-state index in [2.05, 4.69) is 23.9 Å². The van der Waals surface area contributed by atoms with Gasteiger partial charge >= 0.3 is 0 Å². The SMILES string of the molecule is CN1CCC2CC1CCN2C. The molecule has 2 aliphatic rings. The average molecular weight is 154 g/mol. The second kappa shape index (κ2) is 2.76. The molecule has 64 valence electrons. The lowest BCUT2D eigenvalue weighted by atomic mass is 9.90. The van der Waals surface area contributed by atoms with Gasteiger partial charge in [0.25, 0.3) is 0 Å². The standard InChI is InChI=1S/C9H18N2/c1-10-5-3-9-7-8(10)4-6-11(9)2/h8-9H,3-7H2,1-2H3. The van der Waals surface area contributed by atoms with Gasteiger partial charge in [0, 0.05) is 12.1 Å². The van der Waals surface area contributed by atoms with E-state index >= 15 is 0 Å². The average Bonchev–Trinajstić information content (AvgIpc) is 2.02. The maximum Gasteiger partial charge on any atom is 0.0119 e. The summed E-state index contributed by atoms with van der Waals surface area (Å²) < 4.78 is 0. The molecule has 0 aromatic heterocycles. The molecule has 2 atom stereocenters. The van der Waals surface area contributed by atoms with Crippen LogP contribution < -0.4 is 0 Å². The zero-order valence-electron chi connectivity index (χ0n) is 7.58. The van der Waals surface area contributed by atoms with Crippen LogP contribution in [0.2, 0.25) is 0 Å². The van der Waals surface area contributed by atoms with Crippen LogP contribution in [-0.2, 0) is 0 Å². The van der Waals surface area contributed by atoms with E-state index in [9.17, 15) is 0 Å². The Morgan fingerprint density at radius 1 is 0.909 bits per heavy atom. The fourth-order valence-corrected chi connectivity index (χ4v) is 2.42. The van der Waals surface area contributed by atoms with E-state index < -0.39 is 0 Å². The normalized spacial score (nSPS) is 40.9. The second-order valence-electron chi connectivity index (χ2n) is 4.08. The maximum atomic E-state index is 2.53. The first-order chi connectivity index (χ1) is 5.27. The Morgan fingerprint density at radius 2 is 1.36 bits per heavy atom. The minimum absolute atomic E-state index is 0.893. The Bertz CT molecular complexity index is 130. The molecule has 0 aliphatic carbocycles. The molecule has 2 heteroatoms. The highest BCUT2D eigenvalue weighted by molar-refractivity contribution is 4.89. The lowest BCUT2D eigenvalue weighted by molar-refractivity contribution is 0.0450. The van der Waals surface area contributed by atoms with Crippen LogP contribution in [0.15, 0.2) is 0 Å². The van der Waals surface area contributed by atoms with Gasteiger partial charge in [-0.25, -0.2) is 0 Å². The first-order valence-electron chi connectivity index (χ1n) is 4.68. The van der Waals surface area contributed by atoms with Crippen LogP contribution in [-0.4, -0.2) is 49.1 Å². The van der Waals surface area contributed by atoms with Crippen LogP contribution in [0.1, 0.15) is 19.3 Å². The summed E-state index contributed by atoms with van der Waals surface area (Å²) in [6, 6.07) is 1.79. The van der Waals surface area contributed by atoms with Gasteiger partial charge in [-0.2, -0.15) is 0 Å². The van der Waals surface area contributed by atoms with Crippen molar-refractivity contribution >= 4 is 0 Å². The van der Waals surface area contributed by atoms with Gasteiger partial charge in [-0.1, -0.05) is 0 Å². The van der Waals surface area contributed by atoms with Crippen LogP contribution in [0.4, 0.5) is 0 Å². The molecule has 2 nitrogen and oxygen atoms in total. The van der Waals surface area contributed by atoms with Crippen molar-refractivity contribution in [1.29, 1.82) is 0 Å². The Morgan fingerprint density at radius 3 is 1.82 bits per heavy atom. The molecule has 2 heterocycles. The summed E-state index contributed by atoms with van der Waals surface area (Å²) in [7, 11) is 4.54. The summed E-state index contributed by atoms with van der Waals surface area (Å²) in [6.07, 6.45) is 4.17. The summed E-state index contributed by atoms with van der Waals surface area (Å²) in [4.78, 5) is 5.06. The maximum absolute atomic E-state index is 2.53. The fraction of sp³-hybridized carbons (Fsp3) is 1.00. The van der Waals surface area contributed by atoms with Gasteiger partial charge in [0.1, 0.15) is 0 Å². The fourth-order valence-electron chi connectivity index (χ4n) is 2.42. The molecule has 0 aromatic carbocycles. The van der Waals surface area contributed by atoms with E-state index in [0.29, 0.717) is 0 Å². The predicted molar refractivity (Wildman–Crippen MR) is 46.7 cm³/mol. The number of likely N-dealkylation sites (tertiary alicyclic amines) is 2. The Kier molecular flexibility index (Phi) is 1.90. The largest absolute Gasteiger partial charge is 0.303 e. The van der Waals surface area contributed by atoms with Crippen molar-refractivity contribution in [2.45, 2.75) is 31.3 Å². The zero-order chi connectivity index (χ0) is 7.84. The van der Waals surface area contributed by atoms with Gasteiger partial charge in [-0.3, -0.25) is 0 Å². The molecule has 0 amide bonds. The van der Waals surface area contributed by atoms with Crippen LogP contribution >= 0.6 is 0 Å². The molecule has 0 aromatic rings. The third kappa shape index (κ3) is 1.30. The molecule has 0 saturated carbocycles. The molecule has 2 bridgehead atoms. The summed E-state index contributed by atoms with van der Waals surface area (Å²) in [5.74, 6) is 0. The second-order valence-corrected chi connectivity index (χ2v) is 4.08. The molecular weight excluding hydrogens is 136 g/mol. The van der Waals surface area contributed by atoms with E-state index in [4.69, 9.17) is 0 Å². The van der Waals surface area contributed by atoms with Crippen molar-refractivity contribution in [3.05, 3.63) is 0 Å². The smallest absolute Gasteiger partial charge is 0.0119 e. The first-order valence-corrected chi connectivity index (χ1v) is 4.68. The molecule has 0 N–H and O–H groups in total.